The Labute approximate surface area is 148 Å². The zero-order valence-electron chi connectivity index (χ0n) is 14.5. The van der Waals surface area contributed by atoms with E-state index in [1.807, 2.05) is 0 Å². The summed E-state index contributed by atoms with van der Waals surface area (Å²) in [6, 6.07) is 3.58. The number of piperidine rings is 1. The molecule has 2 aliphatic rings. The molecule has 0 radical (unpaired) electrons. The molecule has 1 saturated heterocycles. The van der Waals surface area contributed by atoms with Crippen LogP contribution < -0.4 is 5.32 Å². The van der Waals surface area contributed by atoms with Crippen LogP contribution in [0.4, 0.5) is 4.39 Å². The smallest absolute Gasteiger partial charge is 0.258 e. The fourth-order valence-corrected chi connectivity index (χ4v) is 3.76. The number of carbonyl (C=O) groups excluding carboxylic acids is 2. The van der Waals surface area contributed by atoms with Crippen LogP contribution in [-0.4, -0.2) is 40.5 Å². The normalized spacial score (nSPS) is 20.9. The van der Waals surface area contributed by atoms with E-state index in [9.17, 15) is 14.0 Å². The van der Waals surface area contributed by atoms with E-state index in [-0.39, 0.29) is 31.2 Å². The summed E-state index contributed by atoms with van der Waals surface area (Å²) in [7, 11) is 0. The van der Waals surface area contributed by atoms with E-state index < -0.39 is 11.6 Å². The third-order valence-corrected chi connectivity index (χ3v) is 5.43. The van der Waals surface area contributed by atoms with E-state index in [0.29, 0.717) is 13.1 Å². The van der Waals surface area contributed by atoms with Crippen LogP contribution in [0.1, 0.15) is 50.5 Å². The third-order valence-electron chi connectivity index (χ3n) is 5.43. The van der Waals surface area contributed by atoms with Crippen LogP contribution in [0, 0.1) is 5.92 Å². The Morgan fingerprint density at radius 3 is 2.44 bits per heavy atom. The fourth-order valence-electron chi connectivity index (χ4n) is 3.76. The lowest BCUT2D eigenvalue weighted by Gasteiger charge is -2.37. The van der Waals surface area contributed by atoms with E-state index in [1.165, 1.54) is 6.42 Å². The quantitative estimate of drug-likeness (QED) is 0.911. The van der Waals surface area contributed by atoms with Crippen LogP contribution in [0.15, 0.2) is 24.5 Å². The summed E-state index contributed by atoms with van der Waals surface area (Å²) in [6.45, 7) is 0.945. The van der Waals surface area contributed by atoms with Gasteiger partial charge >= 0.3 is 0 Å². The van der Waals surface area contributed by atoms with E-state index in [2.05, 4.69) is 10.3 Å². The number of nitrogens with zero attached hydrogens (tertiary/aromatic N) is 2. The maximum atomic E-state index is 15.0. The molecule has 3 rings (SSSR count). The lowest BCUT2D eigenvalue weighted by atomic mass is 9.86. The Balaban J connectivity index is 1.49. The molecule has 1 aliphatic heterocycles. The summed E-state index contributed by atoms with van der Waals surface area (Å²) in [5, 5.41) is 2.67. The molecule has 1 saturated carbocycles. The van der Waals surface area contributed by atoms with Crippen molar-refractivity contribution in [2.45, 2.75) is 57.2 Å². The molecule has 1 aromatic heterocycles. The Morgan fingerprint density at radius 2 is 1.80 bits per heavy atom. The molecule has 25 heavy (non-hydrogen) atoms. The minimum Gasteiger partial charge on any atom is -0.349 e. The van der Waals surface area contributed by atoms with Crippen LogP contribution in [0.3, 0.4) is 0 Å². The molecule has 0 spiro atoms. The minimum absolute atomic E-state index is 0.0770. The number of pyridine rings is 1. The van der Waals surface area contributed by atoms with Crippen molar-refractivity contribution in [2.75, 3.05) is 13.1 Å². The Bertz CT molecular complexity index is 594. The molecule has 6 heteroatoms. The van der Waals surface area contributed by atoms with Crippen LogP contribution >= 0.6 is 0 Å². The molecule has 1 aliphatic carbocycles. The SMILES string of the molecule is O=C(C1CCCCC1)N1CCC(F)(C(=O)NCc2ccncc2)CC1. The Morgan fingerprint density at radius 1 is 1.16 bits per heavy atom. The zero-order valence-corrected chi connectivity index (χ0v) is 14.5. The summed E-state index contributed by atoms with van der Waals surface area (Å²) in [4.78, 5) is 30.5. The monoisotopic (exact) mass is 347 g/mol. The number of hydrogen-bond acceptors (Lipinski definition) is 3. The van der Waals surface area contributed by atoms with Gasteiger partial charge in [0.25, 0.3) is 5.91 Å². The third kappa shape index (κ3) is 4.35. The lowest BCUT2D eigenvalue weighted by molar-refractivity contribution is -0.145. The van der Waals surface area contributed by atoms with Gasteiger partial charge in [0.2, 0.25) is 5.91 Å². The first-order valence-corrected chi connectivity index (χ1v) is 9.23. The molecule has 0 unspecified atom stereocenters. The number of hydrogen-bond donors (Lipinski definition) is 1. The Kier molecular flexibility index (Phi) is 5.66. The van der Waals surface area contributed by atoms with Crippen molar-refractivity contribution in [3.63, 3.8) is 0 Å². The number of rotatable bonds is 4. The van der Waals surface area contributed by atoms with Crippen molar-refractivity contribution in [3.05, 3.63) is 30.1 Å². The number of carbonyl (C=O) groups is 2. The van der Waals surface area contributed by atoms with Gasteiger partial charge < -0.3 is 10.2 Å². The first kappa shape index (κ1) is 17.8. The van der Waals surface area contributed by atoms with Gasteiger partial charge in [-0.1, -0.05) is 19.3 Å². The van der Waals surface area contributed by atoms with Crippen molar-refractivity contribution < 1.29 is 14.0 Å². The van der Waals surface area contributed by atoms with E-state index in [4.69, 9.17) is 0 Å². The molecular weight excluding hydrogens is 321 g/mol. The molecule has 2 heterocycles. The molecule has 0 aromatic carbocycles. The molecule has 2 fully saturated rings. The second kappa shape index (κ2) is 7.93. The number of amides is 2. The van der Waals surface area contributed by atoms with Crippen LogP contribution in [-0.2, 0) is 16.1 Å². The zero-order chi connectivity index (χ0) is 17.7. The summed E-state index contributed by atoms with van der Waals surface area (Å²) in [5.74, 6) is -0.325. The summed E-state index contributed by atoms with van der Waals surface area (Å²) >= 11 is 0. The van der Waals surface area contributed by atoms with Crippen LogP contribution in [0.25, 0.3) is 0 Å². The maximum Gasteiger partial charge on any atom is 0.258 e. The summed E-state index contributed by atoms with van der Waals surface area (Å²) in [6.07, 6.45) is 8.74. The molecule has 1 aromatic rings. The summed E-state index contributed by atoms with van der Waals surface area (Å²) < 4.78 is 15.0. The highest BCUT2D eigenvalue weighted by atomic mass is 19.1. The molecule has 0 bridgehead atoms. The highest BCUT2D eigenvalue weighted by Crippen LogP contribution is 2.30. The predicted molar refractivity (Wildman–Crippen MR) is 92.3 cm³/mol. The second-order valence-corrected chi connectivity index (χ2v) is 7.16. The number of nitrogens with one attached hydrogen (secondary N) is 1. The average Bonchev–Trinajstić information content (AvgIpc) is 2.67. The van der Waals surface area contributed by atoms with Crippen LogP contribution in [0.5, 0.6) is 0 Å². The summed E-state index contributed by atoms with van der Waals surface area (Å²) in [5.41, 5.74) is -0.993. The predicted octanol–water partition coefficient (Wildman–Crippen LogP) is 2.61. The average molecular weight is 347 g/mol. The molecule has 136 valence electrons. The topological polar surface area (TPSA) is 62.3 Å². The Hall–Kier alpha value is -1.98. The number of alkyl halides is 1. The van der Waals surface area contributed by atoms with Crippen molar-refractivity contribution in [1.29, 1.82) is 0 Å². The first-order chi connectivity index (χ1) is 12.1. The molecule has 1 N–H and O–H groups in total. The molecule has 5 nitrogen and oxygen atoms in total. The van der Waals surface area contributed by atoms with Crippen molar-refractivity contribution >= 4 is 11.8 Å². The lowest BCUT2D eigenvalue weighted by Crippen LogP contribution is -2.53. The standard InChI is InChI=1S/C19H26FN3O2/c20-19(18(25)22-14-15-6-10-21-11-7-15)8-12-23(13-9-19)17(24)16-4-2-1-3-5-16/h6-7,10-11,16H,1-5,8-9,12-14H2,(H,22,25). The van der Waals surface area contributed by atoms with Gasteiger partial charge in [-0.25, -0.2) is 4.39 Å². The van der Waals surface area contributed by atoms with Gasteiger partial charge in [0, 0.05) is 50.8 Å². The van der Waals surface area contributed by atoms with E-state index in [0.717, 1.165) is 31.2 Å². The van der Waals surface area contributed by atoms with Crippen molar-refractivity contribution in [1.82, 2.24) is 15.2 Å². The largest absolute Gasteiger partial charge is 0.349 e. The van der Waals surface area contributed by atoms with Gasteiger partial charge in [0.1, 0.15) is 0 Å². The van der Waals surface area contributed by atoms with Gasteiger partial charge in [0.05, 0.1) is 0 Å². The highest BCUT2D eigenvalue weighted by molar-refractivity contribution is 5.86. The van der Waals surface area contributed by atoms with Gasteiger partial charge in [-0.05, 0) is 30.5 Å². The minimum atomic E-state index is -1.88. The van der Waals surface area contributed by atoms with Crippen molar-refractivity contribution in [2.24, 2.45) is 5.92 Å². The van der Waals surface area contributed by atoms with Gasteiger partial charge in [-0.3, -0.25) is 14.6 Å². The number of likely N-dealkylation sites (tertiary alicyclic amines) is 1. The van der Waals surface area contributed by atoms with Gasteiger partial charge in [0.15, 0.2) is 5.67 Å². The van der Waals surface area contributed by atoms with E-state index >= 15 is 0 Å². The molecule has 0 atom stereocenters. The number of aromatic nitrogens is 1. The van der Waals surface area contributed by atoms with Crippen LogP contribution in [0.2, 0.25) is 0 Å². The van der Waals surface area contributed by atoms with Gasteiger partial charge in [-0.15, -0.1) is 0 Å². The number of halogens is 1. The maximum absolute atomic E-state index is 15.0. The first-order valence-electron chi connectivity index (χ1n) is 9.23. The van der Waals surface area contributed by atoms with Gasteiger partial charge in [-0.2, -0.15) is 0 Å². The van der Waals surface area contributed by atoms with E-state index in [1.54, 1.807) is 29.4 Å². The fraction of sp³-hybridized carbons (Fsp3) is 0.632. The molecule has 2 amide bonds. The highest BCUT2D eigenvalue weighted by Gasteiger charge is 2.43. The second-order valence-electron chi connectivity index (χ2n) is 7.16. The van der Waals surface area contributed by atoms with Crippen molar-refractivity contribution in [3.8, 4) is 0 Å². The molecular formula is C19H26FN3O2.